The fraction of sp³-hybridized carbons (Fsp3) is 0.400. The molecule has 0 aliphatic heterocycles. The molecule has 15 heavy (non-hydrogen) atoms. The molecule has 0 aliphatic rings. The van der Waals surface area contributed by atoms with Crippen LogP contribution in [-0.4, -0.2) is 21.3 Å². The standard InChI is InChI=1S/C10H16N2O3/c1-13-8-5-10(15-3)9(14-2)4-7(8)6-12-11/h4-5,12H,6,11H2,1-3H3. The SMILES string of the molecule is COc1cc(OC)c(OC)cc1CNN. The first-order chi connectivity index (χ1) is 7.26. The molecule has 0 bridgehead atoms. The van der Waals surface area contributed by atoms with Gasteiger partial charge < -0.3 is 14.2 Å². The molecule has 0 aliphatic carbocycles. The normalized spacial score (nSPS) is 9.87. The van der Waals surface area contributed by atoms with Gasteiger partial charge in [-0.1, -0.05) is 0 Å². The smallest absolute Gasteiger partial charge is 0.164 e. The molecule has 0 saturated carbocycles. The molecule has 1 aromatic carbocycles. The van der Waals surface area contributed by atoms with Crippen molar-refractivity contribution in [3.63, 3.8) is 0 Å². The topological polar surface area (TPSA) is 65.7 Å². The molecule has 5 nitrogen and oxygen atoms in total. The highest BCUT2D eigenvalue weighted by atomic mass is 16.5. The Balaban J connectivity index is 3.15. The Labute approximate surface area is 89.1 Å². The van der Waals surface area contributed by atoms with Crippen molar-refractivity contribution in [1.29, 1.82) is 0 Å². The third-order valence-electron chi connectivity index (χ3n) is 2.08. The van der Waals surface area contributed by atoms with Gasteiger partial charge in [0.25, 0.3) is 0 Å². The Morgan fingerprint density at radius 2 is 1.53 bits per heavy atom. The van der Waals surface area contributed by atoms with Crippen LogP contribution in [0.5, 0.6) is 17.2 Å². The van der Waals surface area contributed by atoms with Crippen molar-refractivity contribution >= 4 is 0 Å². The fourth-order valence-electron chi connectivity index (χ4n) is 1.34. The Kier molecular flexibility index (Phi) is 4.20. The van der Waals surface area contributed by atoms with Crippen LogP contribution in [0.15, 0.2) is 12.1 Å². The van der Waals surface area contributed by atoms with E-state index in [4.69, 9.17) is 20.1 Å². The summed E-state index contributed by atoms with van der Waals surface area (Å²) in [6, 6.07) is 3.60. The Bertz CT molecular complexity index is 329. The van der Waals surface area contributed by atoms with Crippen molar-refractivity contribution in [2.24, 2.45) is 5.84 Å². The van der Waals surface area contributed by atoms with E-state index < -0.39 is 0 Å². The van der Waals surface area contributed by atoms with Crippen molar-refractivity contribution in [2.75, 3.05) is 21.3 Å². The summed E-state index contributed by atoms with van der Waals surface area (Å²) in [5, 5.41) is 0. The van der Waals surface area contributed by atoms with Crippen molar-refractivity contribution < 1.29 is 14.2 Å². The molecule has 0 atom stereocenters. The quantitative estimate of drug-likeness (QED) is 0.555. The van der Waals surface area contributed by atoms with E-state index in [1.54, 1.807) is 27.4 Å². The first kappa shape index (κ1) is 11.6. The van der Waals surface area contributed by atoms with Crippen LogP contribution in [0.3, 0.4) is 0 Å². The number of benzene rings is 1. The summed E-state index contributed by atoms with van der Waals surface area (Å²) in [6.07, 6.45) is 0. The van der Waals surface area contributed by atoms with Gasteiger partial charge >= 0.3 is 0 Å². The summed E-state index contributed by atoms with van der Waals surface area (Å²) >= 11 is 0. The van der Waals surface area contributed by atoms with Crippen LogP contribution in [-0.2, 0) is 6.54 Å². The summed E-state index contributed by atoms with van der Waals surface area (Å²) in [4.78, 5) is 0. The zero-order chi connectivity index (χ0) is 11.3. The minimum atomic E-state index is 0.503. The van der Waals surface area contributed by atoms with Crippen LogP contribution in [0.2, 0.25) is 0 Å². The monoisotopic (exact) mass is 212 g/mol. The van der Waals surface area contributed by atoms with Crippen molar-refractivity contribution in [2.45, 2.75) is 6.54 Å². The lowest BCUT2D eigenvalue weighted by atomic mass is 10.1. The molecule has 3 N–H and O–H groups in total. The van der Waals surface area contributed by atoms with Crippen molar-refractivity contribution in [3.8, 4) is 17.2 Å². The third kappa shape index (κ3) is 2.51. The summed E-state index contributed by atoms with van der Waals surface area (Å²) in [5.41, 5.74) is 3.49. The molecular weight excluding hydrogens is 196 g/mol. The maximum absolute atomic E-state index is 5.27. The van der Waals surface area contributed by atoms with Gasteiger partial charge in [-0.3, -0.25) is 11.3 Å². The number of nitrogens with one attached hydrogen (secondary N) is 1. The van der Waals surface area contributed by atoms with Gasteiger partial charge in [-0.25, -0.2) is 0 Å². The highest BCUT2D eigenvalue weighted by molar-refractivity contribution is 5.50. The first-order valence-corrected chi connectivity index (χ1v) is 4.49. The highest BCUT2D eigenvalue weighted by Gasteiger charge is 2.10. The number of ether oxygens (including phenoxy) is 3. The van der Waals surface area contributed by atoms with Gasteiger partial charge in [0, 0.05) is 18.2 Å². The van der Waals surface area contributed by atoms with Gasteiger partial charge in [0.15, 0.2) is 11.5 Å². The van der Waals surface area contributed by atoms with E-state index in [-0.39, 0.29) is 0 Å². The summed E-state index contributed by atoms with van der Waals surface area (Å²) in [6.45, 7) is 0.503. The molecule has 1 rings (SSSR count). The summed E-state index contributed by atoms with van der Waals surface area (Å²) in [5.74, 6) is 7.27. The van der Waals surface area contributed by atoms with Gasteiger partial charge in [0.2, 0.25) is 0 Å². The second-order valence-electron chi connectivity index (χ2n) is 2.90. The van der Waals surface area contributed by atoms with Crippen LogP contribution >= 0.6 is 0 Å². The minimum Gasteiger partial charge on any atom is -0.496 e. The fourth-order valence-corrected chi connectivity index (χ4v) is 1.34. The highest BCUT2D eigenvalue weighted by Crippen LogP contribution is 2.34. The number of hydrazine groups is 1. The van der Waals surface area contributed by atoms with Crippen LogP contribution in [0.1, 0.15) is 5.56 Å². The maximum atomic E-state index is 5.27. The predicted molar refractivity (Wildman–Crippen MR) is 57.1 cm³/mol. The second kappa shape index (κ2) is 5.43. The third-order valence-corrected chi connectivity index (χ3v) is 2.08. The average Bonchev–Trinajstić information content (AvgIpc) is 2.28. The molecule has 0 spiro atoms. The number of hydrogen-bond acceptors (Lipinski definition) is 5. The molecule has 0 aromatic heterocycles. The molecule has 0 saturated heterocycles. The van der Waals surface area contributed by atoms with Gasteiger partial charge in [-0.05, 0) is 6.07 Å². The average molecular weight is 212 g/mol. The van der Waals surface area contributed by atoms with Gasteiger partial charge in [-0.2, -0.15) is 0 Å². The second-order valence-corrected chi connectivity index (χ2v) is 2.90. The number of rotatable bonds is 5. The zero-order valence-electron chi connectivity index (χ0n) is 9.16. The first-order valence-electron chi connectivity index (χ1n) is 4.49. The van der Waals surface area contributed by atoms with E-state index in [0.29, 0.717) is 23.8 Å². The van der Waals surface area contributed by atoms with Crippen LogP contribution in [0.4, 0.5) is 0 Å². The predicted octanol–water partition coefficient (Wildman–Crippen LogP) is 0.676. The molecule has 0 amide bonds. The van der Waals surface area contributed by atoms with E-state index in [1.165, 1.54) is 0 Å². The molecule has 0 radical (unpaired) electrons. The molecule has 0 fully saturated rings. The zero-order valence-corrected chi connectivity index (χ0v) is 9.16. The molecule has 0 unspecified atom stereocenters. The lowest BCUT2D eigenvalue weighted by Crippen LogP contribution is -2.21. The Morgan fingerprint density at radius 3 is 2.00 bits per heavy atom. The molecular formula is C10H16N2O3. The summed E-state index contributed by atoms with van der Waals surface area (Å²) < 4.78 is 15.5. The van der Waals surface area contributed by atoms with E-state index in [2.05, 4.69) is 5.43 Å². The van der Waals surface area contributed by atoms with E-state index >= 15 is 0 Å². The number of hydrogen-bond donors (Lipinski definition) is 2. The maximum Gasteiger partial charge on any atom is 0.164 e. The molecule has 1 aromatic rings. The van der Waals surface area contributed by atoms with Crippen molar-refractivity contribution in [1.82, 2.24) is 5.43 Å². The van der Waals surface area contributed by atoms with Crippen LogP contribution < -0.4 is 25.5 Å². The lowest BCUT2D eigenvalue weighted by Gasteiger charge is -2.13. The minimum absolute atomic E-state index is 0.503. The van der Waals surface area contributed by atoms with E-state index in [9.17, 15) is 0 Å². The Morgan fingerprint density at radius 1 is 1.00 bits per heavy atom. The van der Waals surface area contributed by atoms with Crippen LogP contribution in [0.25, 0.3) is 0 Å². The Hall–Kier alpha value is -1.46. The summed E-state index contributed by atoms with van der Waals surface area (Å²) in [7, 11) is 4.77. The van der Waals surface area contributed by atoms with E-state index in [0.717, 1.165) is 5.56 Å². The van der Waals surface area contributed by atoms with Crippen LogP contribution in [0, 0.1) is 0 Å². The molecule has 0 heterocycles. The largest absolute Gasteiger partial charge is 0.496 e. The molecule has 5 heteroatoms. The lowest BCUT2D eigenvalue weighted by molar-refractivity contribution is 0.347. The van der Waals surface area contributed by atoms with Gasteiger partial charge in [-0.15, -0.1) is 0 Å². The van der Waals surface area contributed by atoms with Gasteiger partial charge in [0.05, 0.1) is 21.3 Å². The van der Waals surface area contributed by atoms with Crippen molar-refractivity contribution in [3.05, 3.63) is 17.7 Å². The van der Waals surface area contributed by atoms with Gasteiger partial charge in [0.1, 0.15) is 5.75 Å². The number of methoxy groups -OCH3 is 3. The number of nitrogens with two attached hydrogens (primary N) is 1. The van der Waals surface area contributed by atoms with E-state index in [1.807, 2.05) is 6.07 Å². The molecule has 84 valence electrons.